The van der Waals surface area contributed by atoms with Crippen LogP contribution in [0.4, 0.5) is 5.69 Å². The number of halogens is 1. The SMILES string of the molecule is CC(=O)N1CCc2ccccc2C1CC(=O)Nc1cccc(Cl)c1C. The second kappa shape index (κ2) is 7.28. The molecule has 2 aromatic rings. The Morgan fingerprint density at radius 3 is 2.72 bits per heavy atom. The highest BCUT2D eigenvalue weighted by molar-refractivity contribution is 6.31. The molecule has 0 spiro atoms. The molecule has 0 aliphatic carbocycles. The molecule has 2 aromatic carbocycles. The maximum atomic E-state index is 12.6. The van der Waals surface area contributed by atoms with E-state index in [2.05, 4.69) is 11.4 Å². The van der Waals surface area contributed by atoms with Gasteiger partial charge in [-0.15, -0.1) is 0 Å². The van der Waals surface area contributed by atoms with E-state index in [1.807, 2.05) is 37.3 Å². The molecule has 1 N–H and O–H groups in total. The van der Waals surface area contributed by atoms with Crippen molar-refractivity contribution in [2.24, 2.45) is 0 Å². The van der Waals surface area contributed by atoms with Crippen molar-refractivity contribution in [1.29, 1.82) is 0 Å². The van der Waals surface area contributed by atoms with Crippen molar-refractivity contribution < 1.29 is 9.59 Å². The number of anilines is 1. The van der Waals surface area contributed by atoms with E-state index in [0.29, 0.717) is 17.3 Å². The van der Waals surface area contributed by atoms with Gasteiger partial charge in [0.2, 0.25) is 11.8 Å². The summed E-state index contributed by atoms with van der Waals surface area (Å²) in [7, 11) is 0. The van der Waals surface area contributed by atoms with Crippen LogP contribution < -0.4 is 5.32 Å². The molecule has 0 radical (unpaired) electrons. The first kappa shape index (κ1) is 17.5. The van der Waals surface area contributed by atoms with Crippen molar-refractivity contribution in [3.05, 3.63) is 64.2 Å². The molecule has 1 heterocycles. The van der Waals surface area contributed by atoms with Gasteiger partial charge in [0.15, 0.2) is 0 Å². The molecule has 130 valence electrons. The van der Waals surface area contributed by atoms with E-state index in [4.69, 9.17) is 11.6 Å². The molecule has 1 atom stereocenters. The van der Waals surface area contributed by atoms with E-state index in [1.54, 1.807) is 17.9 Å². The van der Waals surface area contributed by atoms with E-state index in [1.165, 1.54) is 5.56 Å². The van der Waals surface area contributed by atoms with E-state index in [-0.39, 0.29) is 24.3 Å². The van der Waals surface area contributed by atoms with Crippen LogP contribution in [0.15, 0.2) is 42.5 Å². The van der Waals surface area contributed by atoms with Crippen LogP contribution in [-0.2, 0) is 16.0 Å². The first-order chi connectivity index (χ1) is 12.0. The minimum atomic E-state index is -0.234. The Hall–Kier alpha value is -2.33. The van der Waals surface area contributed by atoms with Crippen molar-refractivity contribution in [3.8, 4) is 0 Å². The molecule has 2 amide bonds. The number of benzene rings is 2. The zero-order chi connectivity index (χ0) is 18.0. The molecule has 1 unspecified atom stereocenters. The number of fused-ring (bicyclic) bond motifs is 1. The van der Waals surface area contributed by atoms with E-state index < -0.39 is 0 Å². The fourth-order valence-corrected chi connectivity index (χ4v) is 3.54. The van der Waals surface area contributed by atoms with E-state index in [9.17, 15) is 9.59 Å². The van der Waals surface area contributed by atoms with Crippen LogP contribution in [0.25, 0.3) is 0 Å². The van der Waals surface area contributed by atoms with E-state index in [0.717, 1.165) is 17.5 Å². The highest BCUT2D eigenvalue weighted by atomic mass is 35.5. The fraction of sp³-hybridized carbons (Fsp3) is 0.300. The number of carbonyl (C=O) groups is 2. The number of hydrogen-bond donors (Lipinski definition) is 1. The van der Waals surface area contributed by atoms with Gasteiger partial charge in [-0.2, -0.15) is 0 Å². The number of hydrogen-bond acceptors (Lipinski definition) is 2. The highest BCUT2D eigenvalue weighted by Gasteiger charge is 2.30. The molecule has 3 rings (SSSR count). The first-order valence-corrected chi connectivity index (χ1v) is 8.75. The molecule has 0 saturated heterocycles. The van der Waals surface area contributed by atoms with Gasteiger partial charge in [0.25, 0.3) is 0 Å². The Bertz CT molecular complexity index is 819. The third-order valence-electron chi connectivity index (χ3n) is 4.74. The minimum absolute atomic E-state index is 0.00811. The van der Waals surface area contributed by atoms with Gasteiger partial charge < -0.3 is 10.2 Å². The summed E-state index contributed by atoms with van der Waals surface area (Å²) in [5.41, 5.74) is 3.81. The Morgan fingerprint density at radius 1 is 1.20 bits per heavy atom. The topological polar surface area (TPSA) is 49.4 Å². The Morgan fingerprint density at radius 2 is 1.96 bits per heavy atom. The second-order valence-corrected chi connectivity index (χ2v) is 6.75. The van der Waals surface area contributed by atoms with Crippen molar-refractivity contribution in [2.45, 2.75) is 32.7 Å². The molecule has 0 aromatic heterocycles. The Kier molecular flexibility index (Phi) is 5.09. The summed E-state index contributed by atoms with van der Waals surface area (Å²) in [5.74, 6) is -0.135. The van der Waals surface area contributed by atoms with Crippen LogP contribution >= 0.6 is 11.6 Å². The second-order valence-electron chi connectivity index (χ2n) is 6.34. The third kappa shape index (κ3) is 3.69. The summed E-state index contributed by atoms with van der Waals surface area (Å²) in [6, 6.07) is 13.2. The van der Waals surface area contributed by atoms with Crippen molar-refractivity contribution in [3.63, 3.8) is 0 Å². The van der Waals surface area contributed by atoms with Gasteiger partial charge in [0.05, 0.1) is 12.5 Å². The predicted octanol–water partition coefficient (Wildman–Crippen LogP) is 4.12. The number of amides is 2. The maximum Gasteiger partial charge on any atom is 0.226 e. The van der Waals surface area contributed by atoms with E-state index >= 15 is 0 Å². The van der Waals surface area contributed by atoms with Crippen molar-refractivity contribution in [1.82, 2.24) is 4.90 Å². The molecular formula is C20H21ClN2O2. The summed E-state index contributed by atoms with van der Waals surface area (Å²) in [5, 5.41) is 3.54. The third-order valence-corrected chi connectivity index (χ3v) is 5.15. The monoisotopic (exact) mass is 356 g/mol. The Labute approximate surface area is 152 Å². The van der Waals surface area contributed by atoms with Gasteiger partial charge in [0, 0.05) is 24.2 Å². The van der Waals surface area contributed by atoms with Crippen LogP contribution in [0.5, 0.6) is 0 Å². The van der Waals surface area contributed by atoms with Crippen LogP contribution in [-0.4, -0.2) is 23.3 Å². The first-order valence-electron chi connectivity index (χ1n) is 8.37. The molecule has 4 nitrogen and oxygen atoms in total. The number of rotatable bonds is 3. The zero-order valence-corrected chi connectivity index (χ0v) is 15.1. The van der Waals surface area contributed by atoms with Gasteiger partial charge >= 0.3 is 0 Å². The van der Waals surface area contributed by atoms with Gasteiger partial charge in [-0.05, 0) is 42.2 Å². The average Bonchev–Trinajstić information content (AvgIpc) is 2.59. The lowest BCUT2D eigenvalue weighted by molar-refractivity contribution is -0.132. The number of carbonyl (C=O) groups excluding carboxylic acids is 2. The molecule has 0 bridgehead atoms. The number of nitrogens with one attached hydrogen (secondary N) is 1. The lowest BCUT2D eigenvalue weighted by Crippen LogP contribution is -2.40. The minimum Gasteiger partial charge on any atom is -0.335 e. The zero-order valence-electron chi connectivity index (χ0n) is 14.4. The molecule has 1 aliphatic rings. The normalized spacial score (nSPS) is 16.3. The lowest BCUT2D eigenvalue weighted by atomic mass is 9.90. The van der Waals surface area contributed by atoms with Gasteiger partial charge in [-0.3, -0.25) is 9.59 Å². The van der Waals surface area contributed by atoms with Gasteiger partial charge in [-0.1, -0.05) is 41.9 Å². The van der Waals surface area contributed by atoms with Gasteiger partial charge in [0.1, 0.15) is 0 Å². The summed E-state index contributed by atoms with van der Waals surface area (Å²) in [4.78, 5) is 26.4. The highest BCUT2D eigenvalue weighted by Crippen LogP contribution is 2.33. The summed E-state index contributed by atoms with van der Waals surface area (Å²) in [6.07, 6.45) is 1.05. The standard InChI is InChI=1S/C20H21ClN2O2/c1-13-17(21)8-5-9-18(13)22-20(25)12-19-16-7-4-3-6-15(16)10-11-23(19)14(2)24/h3-9,19H,10-12H2,1-2H3,(H,22,25). The summed E-state index contributed by atoms with van der Waals surface area (Å²) in [6.45, 7) is 4.07. The maximum absolute atomic E-state index is 12.6. The van der Waals surface area contributed by atoms with Crippen LogP contribution in [0, 0.1) is 6.92 Å². The largest absolute Gasteiger partial charge is 0.335 e. The molecule has 0 saturated carbocycles. The number of nitrogens with zero attached hydrogens (tertiary/aromatic N) is 1. The fourth-order valence-electron chi connectivity index (χ4n) is 3.37. The van der Waals surface area contributed by atoms with Crippen LogP contribution in [0.1, 0.15) is 36.1 Å². The van der Waals surface area contributed by atoms with Crippen LogP contribution in [0.2, 0.25) is 5.02 Å². The smallest absolute Gasteiger partial charge is 0.226 e. The predicted molar refractivity (Wildman–Crippen MR) is 99.7 cm³/mol. The summed E-state index contributed by atoms with van der Waals surface area (Å²) >= 11 is 6.12. The van der Waals surface area contributed by atoms with Crippen molar-refractivity contribution in [2.75, 3.05) is 11.9 Å². The average molecular weight is 357 g/mol. The lowest BCUT2D eigenvalue weighted by Gasteiger charge is -2.36. The van der Waals surface area contributed by atoms with Crippen LogP contribution in [0.3, 0.4) is 0 Å². The molecule has 1 aliphatic heterocycles. The molecule has 0 fully saturated rings. The van der Waals surface area contributed by atoms with Gasteiger partial charge in [-0.25, -0.2) is 0 Å². The quantitative estimate of drug-likeness (QED) is 0.899. The molecule has 25 heavy (non-hydrogen) atoms. The molecular weight excluding hydrogens is 336 g/mol. The molecule has 5 heteroatoms. The summed E-state index contributed by atoms with van der Waals surface area (Å²) < 4.78 is 0. The van der Waals surface area contributed by atoms with Crippen molar-refractivity contribution >= 4 is 29.1 Å². The Balaban J connectivity index is 1.83.